The zero-order valence-electron chi connectivity index (χ0n) is 15.8. The number of carbonyl (C=O) groups excluding carboxylic acids is 1. The number of hydrogen-bond acceptors (Lipinski definition) is 8. The van der Waals surface area contributed by atoms with Crippen LogP contribution in [0.25, 0.3) is 0 Å². The van der Waals surface area contributed by atoms with Crippen LogP contribution in [0.15, 0.2) is 23.3 Å². The zero-order chi connectivity index (χ0) is 20.5. The first-order valence-corrected chi connectivity index (χ1v) is 9.33. The van der Waals surface area contributed by atoms with Gasteiger partial charge in [-0.3, -0.25) is 30.4 Å². The molecule has 152 valence electrons. The van der Waals surface area contributed by atoms with Gasteiger partial charge < -0.3 is 4.74 Å². The Morgan fingerprint density at radius 2 is 2.07 bits per heavy atom. The average Bonchev–Trinajstić information content (AvgIpc) is 3.10. The van der Waals surface area contributed by atoms with Crippen LogP contribution in [-0.4, -0.2) is 28.1 Å². The third-order valence-electron chi connectivity index (χ3n) is 4.65. The number of rotatable bonds is 10. The average molecular weight is 392 g/mol. The van der Waals surface area contributed by atoms with Crippen molar-refractivity contribution in [3.8, 4) is 0 Å². The molecule has 1 aliphatic carbocycles. The van der Waals surface area contributed by atoms with E-state index in [-0.39, 0.29) is 28.9 Å². The number of nitrogens with one attached hydrogen (secondary N) is 1. The van der Waals surface area contributed by atoms with Crippen molar-refractivity contribution in [2.75, 3.05) is 12.0 Å². The molecule has 0 radical (unpaired) electrons. The van der Waals surface area contributed by atoms with Crippen LogP contribution in [0, 0.1) is 26.1 Å². The fourth-order valence-corrected chi connectivity index (χ4v) is 3.26. The van der Waals surface area contributed by atoms with E-state index in [4.69, 9.17) is 4.74 Å². The Morgan fingerprint density at radius 1 is 1.29 bits per heavy atom. The van der Waals surface area contributed by atoms with Crippen molar-refractivity contribution in [2.24, 2.45) is 11.0 Å². The molecule has 1 fully saturated rings. The second-order valence-corrected chi connectivity index (χ2v) is 6.57. The number of esters is 1. The minimum Gasteiger partial charge on any atom is -0.466 e. The summed E-state index contributed by atoms with van der Waals surface area (Å²) in [4.78, 5) is 32.0. The Labute approximate surface area is 162 Å². The number of nitrogens with zero attached hydrogens (tertiary/aromatic N) is 3. The topological polar surface area (TPSA) is 137 Å². The van der Waals surface area contributed by atoms with Gasteiger partial charge in [0.05, 0.1) is 22.5 Å². The van der Waals surface area contributed by atoms with Gasteiger partial charge in [0.25, 0.3) is 5.69 Å². The van der Waals surface area contributed by atoms with Crippen molar-refractivity contribution >= 4 is 28.7 Å². The number of ether oxygens (including phenoxy) is 1. The summed E-state index contributed by atoms with van der Waals surface area (Å²) in [5.41, 5.74) is 3.03. The van der Waals surface area contributed by atoms with Gasteiger partial charge in [-0.25, -0.2) is 0 Å². The molecule has 0 aliphatic heterocycles. The van der Waals surface area contributed by atoms with Crippen LogP contribution in [0.1, 0.15) is 51.9 Å². The summed E-state index contributed by atoms with van der Waals surface area (Å²) in [6.07, 6.45) is 5.70. The van der Waals surface area contributed by atoms with Gasteiger partial charge in [-0.05, 0) is 51.0 Å². The zero-order valence-corrected chi connectivity index (χ0v) is 15.8. The number of hydrogen-bond donors (Lipinski definition) is 1. The lowest BCUT2D eigenvalue weighted by atomic mass is 9.98. The highest BCUT2D eigenvalue weighted by Crippen LogP contribution is 2.31. The lowest BCUT2D eigenvalue weighted by Gasteiger charge is -2.11. The van der Waals surface area contributed by atoms with Crippen LogP contribution in [0.4, 0.5) is 17.1 Å². The third kappa shape index (κ3) is 6.00. The molecular formula is C18H24N4O6. The Bertz CT molecular complexity index is 764. The van der Waals surface area contributed by atoms with Crippen LogP contribution in [-0.2, 0) is 9.53 Å². The van der Waals surface area contributed by atoms with Gasteiger partial charge in [0.15, 0.2) is 0 Å². The van der Waals surface area contributed by atoms with E-state index >= 15 is 0 Å². The number of benzene rings is 1. The SMILES string of the molecule is CCOC(=O)CCCCC1CCC/C1=N/Nc1ccc([N+](=O)[O-])cc1[N+](=O)[O-]. The van der Waals surface area contributed by atoms with Crippen LogP contribution < -0.4 is 5.43 Å². The maximum Gasteiger partial charge on any atom is 0.305 e. The van der Waals surface area contributed by atoms with Crippen LogP contribution in [0.2, 0.25) is 0 Å². The first-order chi connectivity index (χ1) is 13.4. The monoisotopic (exact) mass is 392 g/mol. The Hall–Kier alpha value is -3.04. The van der Waals surface area contributed by atoms with Gasteiger partial charge in [-0.15, -0.1) is 0 Å². The second kappa shape index (κ2) is 10.3. The Kier molecular flexibility index (Phi) is 7.85. The first kappa shape index (κ1) is 21.3. The number of nitro groups is 2. The van der Waals surface area contributed by atoms with Gasteiger partial charge in [0.1, 0.15) is 5.69 Å². The molecule has 1 saturated carbocycles. The van der Waals surface area contributed by atoms with Crippen molar-refractivity contribution in [3.63, 3.8) is 0 Å². The molecule has 0 amide bonds. The summed E-state index contributed by atoms with van der Waals surface area (Å²) in [5, 5.41) is 26.3. The van der Waals surface area contributed by atoms with Crippen LogP contribution in [0.5, 0.6) is 0 Å². The first-order valence-electron chi connectivity index (χ1n) is 9.33. The molecule has 0 aromatic heterocycles. The molecule has 0 saturated heterocycles. The van der Waals surface area contributed by atoms with Gasteiger partial charge in [-0.2, -0.15) is 5.10 Å². The predicted octanol–water partition coefficient (Wildman–Crippen LogP) is 4.19. The molecule has 0 heterocycles. The predicted molar refractivity (Wildman–Crippen MR) is 103 cm³/mol. The molecule has 0 bridgehead atoms. The van der Waals surface area contributed by atoms with Crippen LogP contribution >= 0.6 is 0 Å². The lowest BCUT2D eigenvalue weighted by molar-refractivity contribution is -0.393. The van der Waals surface area contributed by atoms with Crippen LogP contribution in [0.3, 0.4) is 0 Å². The van der Waals surface area contributed by atoms with E-state index in [0.717, 1.165) is 50.3 Å². The van der Waals surface area contributed by atoms with Crippen molar-refractivity contribution in [2.45, 2.75) is 51.9 Å². The molecule has 1 N–H and O–H groups in total. The van der Waals surface area contributed by atoms with E-state index in [9.17, 15) is 25.0 Å². The fraction of sp³-hybridized carbons (Fsp3) is 0.556. The highest BCUT2D eigenvalue weighted by atomic mass is 16.6. The summed E-state index contributed by atoms with van der Waals surface area (Å²) in [6.45, 7) is 2.17. The fourth-order valence-electron chi connectivity index (χ4n) is 3.26. The number of unbranched alkanes of at least 4 members (excludes halogenated alkanes) is 1. The molecule has 1 aromatic carbocycles. The van der Waals surface area contributed by atoms with E-state index in [2.05, 4.69) is 10.5 Å². The molecule has 2 rings (SSSR count). The number of non-ortho nitro benzene ring substituents is 1. The summed E-state index contributed by atoms with van der Waals surface area (Å²) < 4.78 is 4.91. The van der Waals surface area contributed by atoms with Gasteiger partial charge in [-0.1, -0.05) is 6.42 Å². The Morgan fingerprint density at radius 3 is 2.75 bits per heavy atom. The van der Waals surface area contributed by atoms with Gasteiger partial charge >= 0.3 is 11.7 Å². The van der Waals surface area contributed by atoms with Crippen molar-refractivity contribution in [1.29, 1.82) is 0 Å². The minimum absolute atomic E-state index is 0.121. The van der Waals surface area contributed by atoms with Gasteiger partial charge in [0, 0.05) is 18.2 Å². The van der Waals surface area contributed by atoms with E-state index < -0.39 is 9.85 Å². The standard InChI is InChI=1S/C18H24N4O6/c1-2-28-18(23)9-4-3-6-13-7-5-8-15(13)19-20-16-11-10-14(21(24)25)12-17(16)22(26)27/h10-13,20H,2-9H2,1H3/b19-15-. The maximum absolute atomic E-state index is 11.4. The smallest absolute Gasteiger partial charge is 0.305 e. The van der Waals surface area contributed by atoms with Gasteiger partial charge in [0.2, 0.25) is 0 Å². The number of hydrazone groups is 1. The molecule has 0 spiro atoms. The third-order valence-corrected chi connectivity index (χ3v) is 4.65. The lowest BCUT2D eigenvalue weighted by Crippen LogP contribution is -2.10. The van der Waals surface area contributed by atoms with E-state index in [1.54, 1.807) is 6.92 Å². The van der Waals surface area contributed by atoms with E-state index in [1.807, 2.05) is 0 Å². The summed E-state index contributed by atoms with van der Waals surface area (Å²) in [6, 6.07) is 3.42. The van der Waals surface area contributed by atoms with E-state index in [0.29, 0.717) is 13.0 Å². The normalized spacial score (nSPS) is 17.5. The number of nitro benzene ring substituents is 2. The second-order valence-electron chi connectivity index (χ2n) is 6.57. The molecule has 10 heteroatoms. The van der Waals surface area contributed by atoms with Crippen molar-refractivity contribution < 1.29 is 19.4 Å². The molecular weight excluding hydrogens is 368 g/mol. The largest absolute Gasteiger partial charge is 0.466 e. The summed E-state index contributed by atoms with van der Waals surface area (Å²) in [7, 11) is 0. The van der Waals surface area contributed by atoms with Crippen molar-refractivity contribution in [1.82, 2.24) is 0 Å². The quantitative estimate of drug-likeness (QED) is 0.273. The summed E-state index contributed by atoms with van der Waals surface area (Å²) in [5.74, 6) is 0.0850. The number of carbonyl (C=O) groups is 1. The molecule has 1 atom stereocenters. The summed E-state index contributed by atoms with van der Waals surface area (Å²) >= 11 is 0. The number of anilines is 1. The minimum atomic E-state index is -0.675. The van der Waals surface area contributed by atoms with E-state index in [1.165, 1.54) is 12.1 Å². The molecule has 10 nitrogen and oxygen atoms in total. The van der Waals surface area contributed by atoms with Crippen molar-refractivity contribution in [3.05, 3.63) is 38.4 Å². The maximum atomic E-state index is 11.4. The molecule has 1 unspecified atom stereocenters. The Balaban J connectivity index is 1.96. The molecule has 1 aromatic rings. The highest BCUT2D eigenvalue weighted by molar-refractivity contribution is 5.89. The molecule has 28 heavy (non-hydrogen) atoms. The highest BCUT2D eigenvalue weighted by Gasteiger charge is 2.24. The molecule has 1 aliphatic rings.